The van der Waals surface area contributed by atoms with Crippen molar-refractivity contribution in [3.63, 3.8) is 0 Å². The average Bonchev–Trinajstić information content (AvgIpc) is 2.93. The van der Waals surface area contributed by atoms with E-state index in [1.165, 1.54) is 17.7 Å². The number of ether oxygens (including phenoxy) is 2. The molecule has 0 bridgehead atoms. The van der Waals surface area contributed by atoms with Crippen LogP contribution in [-0.2, 0) is 32.6 Å². The molecule has 4 rings (SSSR count). The maximum atomic E-state index is 13.5. The van der Waals surface area contributed by atoms with E-state index in [2.05, 4.69) is 22.3 Å². The molecule has 1 aliphatic rings. The standard InChI is InChI=1S/C28H33N3O5S/c1-2-36-26-14-12-25(13-15-26)31(37(33,34)27-6-4-3-5-7-27)22-28(32)29-20-23-8-10-24(11-9-23)21-30-16-18-35-19-17-30/h3-15H,2,16-22H2,1H3,(H,29,32). The molecule has 1 fully saturated rings. The summed E-state index contributed by atoms with van der Waals surface area (Å²) in [5.74, 6) is 0.232. The summed E-state index contributed by atoms with van der Waals surface area (Å²) >= 11 is 0. The number of sulfonamides is 1. The van der Waals surface area contributed by atoms with E-state index in [1.807, 2.05) is 19.1 Å². The van der Waals surface area contributed by atoms with Crippen molar-refractivity contribution >= 4 is 21.6 Å². The van der Waals surface area contributed by atoms with Gasteiger partial charge in [0, 0.05) is 26.2 Å². The van der Waals surface area contributed by atoms with Crippen molar-refractivity contribution in [2.75, 3.05) is 43.8 Å². The minimum absolute atomic E-state index is 0.118. The first kappa shape index (κ1) is 26.7. The van der Waals surface area contributed by atoms with Crippen LogP contribution in [0.1, 0.15) is 18.1 Å². The molecule has 3 aromatic rings. The van der Waals surface area contributed by atoms with Gasteiger partial charge < -0.3 is 14.8 Å². The zero-order valence-electron chi connectivity index (χ0n) is 21.0. The molecule has 8 nitrogen and oxygen atoms in total. The zero-order chi connectivity index (χ0) is 26.1. The normalized spacial score (nSPS) is 14.2. The van der Waals surface area contributed by atoms with Crippen molar-refractivity contribution in [2.45, 2.75) is 24.9 Å². The number of rotatable bonds is 11. The van der Waals surface area contributed by atoms with Gasteiger partial charge in [-0.25, -0.2) is 8.42 Å². The number of carbonyl (C=O) groups is 1. The highest BCUT2D eigenvalue weighted by molar-refractivity contribution is 7.92. The quantitative estimate of drug-likeness (QED) is 0.414. The maximum Gasteiger partial charge on any atom is 0.264 e. The number of nitrogens with one attached hydrogen (secondary N) is 1. The van der Waals surface area contributed by atoms with Crippen LogP contribution in [-0.4, -0.2) is 58.7 Å². The highest BCUT2D eigenvalue weighted by Gasteiger charge is 2.27. The molecule has 0 unspecified atom stereocenters. The first-order chi connectivity index (χ1) is 18.0. The molecule has 3 aromatic carbocycles. The van der Waals surface area contributed by atoms with Gasteiger partial charge in [0.15, 0.2) is 0 Å². The van der Waals surface area contributed by atoms with E-state index in [-0.39, 0.29) is 11.4 Å². The third-order valence-electron chi connectivity index (χ3n) is 6.08. The van der Waals surface area contributed by atoms with E-state index >= 15 is 0 Å². The van der Waals surface area contributed by atoms with Crippen LogP contribution in [0.2, 0.25) is 0 Å². The monoisotopic (exact) mass is 523 g/mol. The van der Waals surface area contributed by atoms with E-state index in [0.29, 0.717) is 24.6 Å². The molecule has 1 amide bonds. The van der Waals surface area contributed by atoms with E-state index in [1.54, 1.807) is 42.5 Å². The van der Waals surface area contributed by atoms with Crippen LogP contribution in [0, 0.1) is 0 Å². The van der Waals surface area contributed by atoms with Crippen LogP contribution in [0.3, 0.4) is 0 Å². The second-order valence-electron chi connectivity index (χ2n) is 8.73. The molecule has 0 saturated carbocycles. The van der Waals surface area contributed by atoms with Gasteiger partial charge >= 0.3 is 0 Å². The van der Waals surface area contributed by atoms with Crippen LogP contribution in [0.4, 0.5) is 5.69 Å². The number of carbonyl (C=O) groups excluding carboxylic acids is 1. The summed E-state index contributed by atoms with van der Waals surface area (Å²) in [4.78, 5) is 15.4. The van der Waals surface area contributed by atoms with Crippen LogP contribution in [0.15, 0.2) is 83.8 Å². The van der Waals surface area contributed by atoms with Gasteiger partial charge in [0.25, 0.3) is 10.0 Å². The lowest BCUT2D eigenvalue weighted by molar-refractivity contribution is -0.119. The number of anilines is 1. The van der Waals surface area contributed by atoms with Gasteiger partial charge in [0.1, 0.15) is 12.3 Å². The Hall–Kier alpha value is -3.40. The minimum Gasteiger partial charge on any atom is -0.494 e. The van der Waals surface area contributed by atoms with E-state index in [9.17, 15) is 13.2 Å². The van der Waals surface area contributed by atoms with E-state index < -0.39 is 15.9 Å². The Kier molecular flexibility index (Phi) is 9.16. The van der Waals surface area contributed by atoms with Gasteiger partial charge in [-0.1, -0.05) is 42.5 Å². The Morgan fingerprint density at radius 1 is 0.946 bits per heavy atom. The van der Waals surface area contributed by atoms with Gasteiger partial charge in [-0.15, -0.1) is 0 Å². The van der Waals surface area contributed by atoms with Crippen molar-refractivity contribution < 1.29 is 22.7 Å². The molecule has 0 radical (unpaired) electrons. The van der Waals surface area contributed by atoms with E-state index in [4.69, 9.17) is 9.47 Å². The first-order valence-corrected chi connectivity index (χ1v) is 13.8. The van der Waals surface area contributed by atoms with Gasteiger partial charge in [-0.05, 0) is 54.4 Å². The molecule has 1 N–H and O–H groups in total. The number of nitrogens with zero attached hydrogens (tertiary/aromatic N) is 2. The summed E-state index contributed by atoms with van der Waals surface area (Å²) in [7, 11) is -3.96. The fourth-order valence-electron chi connectivity index (χ4n) is 4.08. The number of amides is 1. The second kappa shape index (κ2) is 12.7. The molecule has 196 valence electrons. The molecule has 0 spiro atoms. The first-order valence-electron chi connectivity index (χ1n) is 12.4. The van der Waals surface area contributed by atoms with Gasteiger partial charge in [0.2, 0.25) is 5.91 Å². The summed E-state index contributed by atoms with van der Waals surface area (Å²) in [5, 5.41) is 2.86. The Morgan fingerprint density at radius 3 is 2.24 bits per heavy atom. The van der Waals surface area contributed by atoms with Crippen molar-refractivity contribution in [2.24, 2.45) is 0 Å². The predicted molar refractivity (Wildman–Crippen MR) is 143 cm³/mol. The highest BCUT2D eigenvalue weighted by atomic mass is 32.2. The lowest BCUT2D eigenvalue weighted by Crippen LogP contribution is -2.40. The van der Waals surface area contributed by atoms with Gasteiger partial charge in [-0.3, -0.25) is 14.0 Å². The molecular formula is C28H33N3O5S. The third kappa shape index (κ3) is 7.31. The van der Waals surface area contributed by atoms with Crippen LogP contribution < -0.4 is 14.4 Å². The van der Waals surface area contributed by atoms with Gasteiger partial charge in [-0.2, -0.15) is 0 Å². The molecule has 0 atom stereocenters. The molecule has 9 heteroatoms. The zero-order valence-corrected chi connectivity index (χ0v) is 21.8. The average molecular weight is 524 g/mol. The Bertz CT molecular complexity index is 1240. The highest BCUT2D eigenvalue weighted by Crippen LogP contribution is 2.25. The van der Waals surface area contributed by atoms with Crippen LogP contribution in [0.5, 0.6) is 5.75 Å². The largest absolute Gasteiger partial charge is 0.494 e. The summed E-state index contributed by atoms with van der Waals surface area (Å²) in [6.07, 6.45) is 0. The molecule has 0 aliphatic carbocycles. The van der Waals surface area contributed by atoms with Crippen molar-refractivity contribution in [1.29, 1.82) is 0 Å². The molecule has 1 heterocycles. The SMILES string of the molecule is CCOc1ccc(N(CC(=O)NCc2ccc(CN3CCOCC3)cc2)S(=O)(=O)c2ccccc2)cc1. The number of hydrogen-bond donors (Lipinski definition) is 1. The summed E-state index contributed by atoms with van der Waals surface area (Å²) in [6, 6.07) is 22.9. The minimum atomic E-state index is -3.96. The number of morpholine rings is 1. The summed E-state index contributed by atoms with van der Waals surface area (Å²) in [5.41, 5.74) is 2.53. The molecule has 37 heavy (non-hydrogen) atoms. The Labute approximate surface area is 218 Å². The third-order valence-corrected chi connectivity index (χ3v) is 7.86. The molecule has 0 aromatic heterocycles. The lowest BCUT2D eigenvalue weighted by atomic mass is 10.1. The fourth-order valence-corrected chi connectivity index (χ4v) is 5.52. The van der Waals surface area contributed by atoms with Crippen molar-refractivity contribution in [1.82, 2.24) is 10.2 Å². The Balaban J connectivity index is 1.42. The fraction of sp³-hybridized carbons (Fsp3) is 0.321. The van der Waals surface area contributed by atoms with Crippen molar-refractivity contribution in [3.05, 3.63) is 90.0 Å². The predicted octanol–water partition coefficient (Wildman–Crippen LogP) is 3.43. The van der Waals surface area contributed by atoms with E-state index in [0.717, 1.165) is 42.7 Å². The van der Waals surface area contributed by atoms with Crippen LogP contribution >= 0.6 is 0 Å². The summed E-state index contributed by atoms with van der Waals surface area (Å²) < 4.78 is 38.9. The van der Waals surface area contributed by atoms with Crippen molar-refractivity contribution in [3.8, 4) is 5.75 Å². The molecule has 1 saturated heterocycles. The molecular weight excluding hydrogens is 490 g/mol. The lowest BCUT2D eigenvalue weighted by Gasteiger charge is -2.26. The second-order valence-corrected chi connectivity index (χ2v) is 10.6. The molecule has 1 aliphatic heterocycles. The Morgan fingerprint density at radius 2 is 1.59 bits per heavy atom. The number of benzene rings is 3. The number of hydrogen-bond acceptors (Lipinski definition) is 6. The van der Waals surface area contributed by atoms with Gasteiger partial charge in [0.05, 0.1) is 30.4 Å². The topological polar surface area (TPSA) is 88.2 Å². The summed E-state index contributed by atoms with van der Waals surface area (Å²) in [6.45, 7) is 6.58. The smallest absolute Gasteiger partial charge is 0.264 e. The van der Waals surface area contributed by atoms with Crippen LogP contribution in [0.25, 0.3) is 0 Å². The maximum absolute atomic E-state index is 13.5.